The second kappa shape index (κ2) is 4.68. The van der Waals surface area contributed by atoms with Crippen LogP contribution in [0.25, 0.3) is 0 Å². The third-order valence-corrected chi connectivity index (χ3v) is 4.00. The predicted molar refractivity (Wildman–Crippen MR) is 65.6 cm³/mol. The maximum absolute atomic E-state index is 11.9. The first-order valence-electron chi connectivity index (χ1n) is 5.49. The highest BCUT2D eigenvalue weighted by Gasteiger charge is 2.21. The van der Waals surface area contributed by atoms with E-state index >= 15 is 0 Å². The van der Waals surface area contributed by atoms with Crippen molar-refractivity contribution in [3.05, 3.63) is 23.8 Å². The van der Waals surface area contributed by atoms with Crippen molar-refractivity contribution in [1.29, 1.82) is 0 Å². The Labute approximate surface area is 105 Å². The average Bonchev–Trinajstić information content (AvgIpc) is 2.65. The minimum absolute atomic E-state index is 0.0450. The zero-order valence-corrected chi connectivity index (χ0v) is 10.6. The van der Waals surface area contributed by atoms with E-state index in [0.29, 0.717) is 11.3 Å². The van der Waals surface area contributed by atoms with Crippen LogP contribution in [0.1, 0.15) is 12.5 Å². The van der Waals surface area contributed by atoms with Gasteiger partial charge in [0.05, 0.1) is 17.4 Å². The van der Waals surface area contributed by atoms with Gasteiger partial charge < -0.3 is 10.4 Å². The Hall–Kier alpha value is -1.44. The number of rotatable bonds is 4. The number of aliphatic hydroxyl groups is 1. The molecule has 18 heavy (non-hydrogen) atoms. The largest absolute Gasteiger partial charge is 0.392 e. The van der Waals surface area contributed by atoms with Gasteiger partial charge in [-0.05, 0) is 30.7 Å². The van der Waals surface area contributed by atoms with Gasteiger partial charge in [0, 0.05) is 12.2 Å². The zero-order chi connectivity index (χ0) is 13.3. The van der Waals surface area contributed by atoms with E-state index in [1.54, 1.807) is 6.07 Å². The van der Waals surface area contributed by atoms with Crippen LogP contribution in [0, 0.1) is 0 Å². The summed E-state index contributed by atoms with van der Waals surface area (Å²) in [5, 5.41) is 11.7. The molecule has 1 atom stereocenters. The molecule has 0 radical (unpaired) electrons. The minimum atomic E-state index is -3.64. The van der Waals surface area contributed by atoms with Crippen LogP contribution in [-0.2, 0) is 21.2 Å². The summed E-state index contributed by atoms with van der Waals surface area (Å²) in [6, 6.07) is 4.46. The molecule has 0 saturated heterocycles. The van der Waals surface area contributed by atoms with Crippen molar-refractivity contribution in [2.24, 2.45) is 0 Å². The van der Waals surface area contributed by atoms with Crippen molar-refractivity contribution < 1.29 is 18.3 Å². The molecule has 0 bridgehead atoms. The molecular weight excluding hydrogens is 256 g/mol. The molecule has 1 aliphatic rings. The Balaban J connectivity index is 2.24. The fraction of sp³-hybridized carbons (Fsp3) is 0.364. The van der Waals surface area contributed by atoms with Gasteiger partial charge in [0.15, 0.2) is 0 Å². The summed E-state index contributed by atoms with van der Waals surface area (Å²) in [6.45, 7) is 1.45. The molecule has 0 spiro atoms. The van der Waals surface area contributed by atoms with Crippen molar-refractivity contribution >= 4 is 21.6 Å². The van der Waals surface area contributed by atoms with Gasteiger partial charge in [-0.2, -0.15) is 0 Å². The SMILES string of the molecule is C[C@H](O)CNS(=O)(=O)c1ccc2c(c1)CC(=O)N2. The minimum Gasteiger partial charge on any atom is -0.392 e. The Kier molecular flexibility index (Phi) is 3.38. The van der Waals surface area contributed by atoms with Crippen molar-refractivity contribution in [2.45, 2.75) is 24.3 Å². The smallest absolute Gasteiger partial charge is 0.240 e. The molecule has 7 heteroatoms. The van der Waals surface area contributed by atoms with Crippen molar-refractivity contribution in [3.63, 3.8) is 0 Å². The molecule has 6 nitrogen and oxygen atoms in total. The first-order chi connectivity index (χ1) is 8.38. The number of aliphatic hydroxyl groups excluding tert-OH is 1. The quantitative estimate of drug-likeness (QED) is 0.708. The molecule has 0 aromatic heterocycles. The van der Waals surface area contributed by atoms with Gasteiger partial charge >= 0.3 is 0 Å². The summed E-state index contributed by atoms with van der Waals surface area (Å²) in [5.74, 6) is -0.142. The number of hydrogen-bond donors (Lipinski definition) is 3. The molecule has 1 aromatic rings. The molecule has 98 valence electrons. The number of carbonyl (C=O) groups excluding carboxylic acids is 1. The molecular formula is C11H14N2O4S. The maximum Gasteiger partial charge on any atom is 0.240 e. The summed E-state index contributed by atoms with van der Waals surface area (Å²) in [5.41, 5.74) is 1.31. The summed E-state index contributed by atoms with van der Waals surface area (Å²) in [6.07, 6.45) is -0.563. The van der Waals surface area contributed by atoms with E-state index in [1.165, 1.54) is 19.1 Å². The van der Waals surface area contributed by atoms with Crippen LogP contribution in [0.5, 0.6) is 0 Å². The normalized spacial score (nSPS) is 16.2. The molecule has 0 unspecified atom stereocenters. The summed E-state index contributed by atoms with van der Waals surface area (Å²) < 4.78 is 26.1. The Morgan fingerprint density at radius 1 is 1.50 bits per heavy atom. The molecule has 2 rings (SSSR count). The number of carbonyl (C=O) groups is 1. The Morgan fingerprint density at radius 2 is 2.22 bits per heavy atom. The van der Waals surface area contributed by atoms with E-state index in [2.05, 4.69) is 10.0 Å². The maximum atomic E-state index is 11.9. The van der Waals surface area contributed by atoms with Crippen molar-refractivity contribution in [1.82, 2.24) is 4.72 Å². The second-order valence-electron chi connectivity index (χ2n) is 4.24. The molecule has 1 aliphatic heterocycles. The van der Waals surface area contributed by atoms with E-state index in [0.717, 1.165) is 0 Å². The van der Waals surface area contributed by atoms with Gasteiger partial charge in [-0.3, -0.25) is 4.79 Å². The van der Waals surface area contributed by atoms with E-state index < -0.39 is 16.1 Å². The van der Waals surface area contributed by atoms with Crippen LogP contribution >= 0.6 is 0 Å². The number of fused-ring (bicyclic) bond motifs is 1. The zero-order valence-electron chi connectivity index (χ0n) is 9.80. The Bertz CT molecular complexity index is 581. The summed E-state index contributed by atoms with van der Waals surface area (Å²) in [7, 11) is -3.64. The number of hydrogen-bond acceptors (Lipinski definition) is 4. The van der Waals surface area contributed by atoms with E-state index in [-0.39, 0.29) is 23.8 Å². The number of anilines is 1. The van der Waals surface area contributed by atoms with Crippen LogP contribution in [0.3, 0.4) is 0 Å². The van der Waals surface area contributed by atoms with Crippen LogP contribution in [0.2, 0.25) is 0 Å². The lowest BCUT2D eigenvalue weighted by molar-refractivity contribution is -0.115. The van der Waals surface area contributed by atoms with Gasteiger partial charge in [0.25, 0.3) is 0 Å². The number of nitrogens with one attached hydrogen (secondary N) is 2. The highest BCUT2D eigenvalue weighted by atomic mass is 32.2. The van der Waals surface area contributed by atoms with E-state index in [4.69, 9.17) is 5.11 Å². The van der Waals surface area contributed by atoms with Crippen LogP contribution < -0.4 is 10.0 Å². The molecule has 0 saturated carbocycles. The van der Waals surface area contributed by atoms with E-state index in [1.807, 2.05) is 0 Å². The standard InChI is InChI=1S/C11H14N2O4S/c1-7(14)6-12-18(16,17)9-2-3-10-8(4-9)5-11(15)13-10/h2-4,7,12,14H,5-6H2,1H3,(H,13,15)/t7-/m0/s1. The van der Waals surface area contributed by atoms with Crippen molar-refractivity contribution in [2.75, 3.05) is 11.9 Å². The van der Waals surface area contributed by atoms with Crippen LogP contribution in [0.15, 0.2) is 23.1 Å². The number of amides is 1. The molecule has 1 aromatic carbocycles. The number of sulfonamides is 1. The summed E-state index contributed by atoms with van der Waals surface area (Å²) >= 11 is 0. The van der Waals surface area contributed by atoms with Crippen LogP contribution in [-0.4, -0.2) is 32.1 Å². The van der Waals surface area contributed by atoms with Gasteiger partial charge in [-0.25, -0.2) is 13.1 Å². The lowest BCUT2D eigenvalue weighted by atomic mass is 10.2. The molecule has 3 N–H and O–H groups in total. The lowest BCUT2D eigenvalue weighted by Crippen LogP contribution is -2.30. The van der Waals surface area contributed by atoms with Crippen LogP contribution in [0.4, 0.5) is 5.69 Å². The first-order valence-corrected chi connectivity index (χ1v) is 6.97. The monoisotopic (exact) mass is 270 g/mol. The highest BCUT2D eigenvalue weighted by molar-refractivity contribution is 7.89. The third kappa shape index (κ3) is 2.69. The van der Waals surface area contributed by atoms with Gasteiger partial charge in [0.1, 0.15) is 0 Å². The van der Waals surface area contributed by atoms with Crippen molar-refractivity contribution in [3.8, 4) is 0 Å². The molecule has 0 aliphatic carbocycles. The number of benzene rings is 1. The molecule has 1 amide bonds. The fourth-order valence-corrected chi connectivity index (χ4v) is 2.86. The Morgan fingerprint density at radius 3 is 2.89 bits per heavy atom. The topological polar surface area (TPSA) is 95.5 Å². The lowest BCUT2D eigenvalue weighted by Gasteiger charge is -2.09. The fourth-order valence-electron chi connectivity index (χ4n) is 1.69. The average molecular weight is 270 g/mol. The van der Waals surface area contributed by atoms with Gasteiger partial charge in [0.2, 0.25) is 15.9 Å². The molecule has 1 heterocycles. The highest BCUT2D eigenvalue weighted by Crippen LogP contribution is 2.25. The predicted octanol–water partition coefficient (Wildman–Crippen LogP) is -0.160. The summed E-state index contributed by atoms with van der Waals surface area (Å²) in [4.78, 5) is 11.3. The first kappa shape index (κ1) is 13.0. The third-order valence-electron chi connectivity index (χ3n) is 2.58. The van der Waals surface area contributed by atoms with Gasteiger partial charge in [-0.1, -0.05) is 0 Å². The second-order valence-corrected chi connectivity index (χ2v) is 6.01. The van der Waals surface area contributed by atoms with Gasteiger partial charge in [-0.15, -0.1) is 0 Å². The molecule has 0 fully saturated rings. The van der Waals surface area contributed by atoms with E-state index in [9.17, 15) is 13.2 Å².